The molecule has 0 unspecified atom stereocenters. The van der Waals surface area contributed by atoms with Crippen LogP contribution in [-0.4, -0.2) is 23.5 Å². The van der Waals surface area contributed by atoms with Crippen LogP contribution in [0.4, 0.5) is 4.39 Å². The first-order valence-electron chi connectivity index (χ1n) is 8.36. The SMILES string of the molecule is CCOC(=O)C[C@H](NC(=O)c1c[nH]c2ccccc12)c1cccc(F)c1. The molecule has 0 bridgehead atoms. The van der Waals surface area contributed by atoms with Gasteiger partial charge in [0.25, 0.3) is 5.91 Å². The highest BCUT2D eigenvalue weighted by atomic mass is 19.1. The average Bonchev–Trinajstić information content (AvgIpc) is 3.05. The fraction of sp³-hybridized carbons (Fsp3) is 0.200. The van der Waals surface area contributed by atoms with E-state index in [1.54, 1.807) is 25.3 Å². The van der Waals surface area contributed by atoms with Crippen molar-refractivity contribution in [2.24, 2.45) is 0 Å². The van der Waals surface area contributed by atoms with Gasteiger partial charge in [-0.05, 0) is 30.7 Å². The number of hydrogen-bond donors (Lipinski definition) is 2. The van der Waals surface area contributed by atoms with Gasteiger partial charge in [0, 0.05) is 17.1 Å². The molecule has 0 aliphatic heterocycles. The Morgan fingerprint density at radius 3 is 2.77 bits per heavy atom. The molecule has 0 saturated heterocycles. The summed E-state index contributed by atoms with van der Waals surface area (Å²) in [7, 11) is 0. The monoisotopic (exact) mass is 354 g/mol. The van der Waals surface area contributed by atoms with E-state index in [1.807, 2.05) is 24.3 Å². The van der Waals surface area contributed by atoms with Crippen LogP contribution in [0.3, 0.4) is 0 Å². The Kier molecular flexibility index (Phi) is 5.31. The highest BCUT2D eigenvalue weighted by Gasteiger charge is 2.22. The third-order valence-corrected chi connectivity index (χ3v) is 4.07. The maximum atomic E-state index is 13.6. The number of H-pyrrole nitrogens is 1. The predicted molar refractivity (Wildman–Crippen MR) is 96.2 cm³/mol. The largest absolute Gasteiger partial charge is 0.466 e. The van der Waals surface area contributed by atoms with Crippen LogP contribution in [0.1, 0.15) is 35.3 Å². The minimum atomic E-state index is -0.689. The van der Waals surface area contributed by atoms with E-state index in [0.29, 0.717) is 11.1 Å². The van der Waals surface area contributed by atoms with Gasteiger partial charge < -0.3 is 15.0 Å². The number of carbonyl (C=O) groups is 2. The number of esters is 1. The number of para-hydroxylation sites is 1. The lowest BCUT2D eigenvalue weighted by Crippen LogP contribution is -2.30. The molecular formula is C20H19FN2O3. The van der Waals surface area contributed by atoms with Crippen LogP contribution in [0.2, 0.25) is 0 Å². The highest BCUT2D eigenvalue weighted by Crippen LogP contribution is 2.22. The van der Waals surface area contributed by atoms with Gasteiger partial charge >= 0.3 is 5.97 Å². The van der Waals surface area contributed by atoms with E-state index in [9.17, 15) is 14.0 Å². The summed E-state index contributed by atoms with van der Waals surface area (Å²) >= 11 is 0. The van der Waals surface area contributed by atoms with Gasteiger partial charge in [-0.15, -0.1) is 0 Å². The first kappa shape index (κ1) is 17.7. The smallest absolute Gasteiger partial charge is 0.308 e. The molecule has 1 amide bonds. The second kappa shape index (κ2) is 7.82. The zero-order chi connectivity index (χ0) is 18.5. The Morgan fingerprint density at radius 2 is 2.00 bits per heavy atom. The van der Waals surface area contributed by atoms with Crippen LogP contribution in [0, 0.1) is 5.82 Å². The number of hydrogen-bond acceptors (Lipinski definition) is 3. The maximum absolute atomic E-state index is 13.6. The lowest BCUT2D eigenvalue weighted by Gasteiger charge is -2.18. The lowest BCUT2D eigenvalue weighted by molar-refractivity contribution is -0.143. The molecule has 1 aromatic heterocycles. The summed E-state index contributed by atoms with van der Waals surface area (Å²) < 4.78 is 18.6. The molecule has 134 valence electrons. The highest BCUT2D eigenvalue weighted by molar-refractivity contribution is 6.06. The molecule has 0 radical (unpaired) electrons. The van der Waals surface area contributed by atoms with Crippen LogP contribution in [-0.2, 0) is 9.53 Å². The lowest BCUT2D eigenvalue weighted by atomic mass is 10.0. The van der Waals surface area contributed by atoms with Gasteiger partial charge in [-0.25, -0.2) is 4.39 Å². The molecule has 2 aromatic carbocycles. The topological polar surface area (TPSA) is 71.2 Å². The van der Waals surface area contributed by atoms with Gasteiger partial charge in [0.05, 0.1) is 24.6 Å². The zero-order valence-corrected chi connectivity index (χ0v) is 14.3. The van der Waals surface area contributed by atoms with Gasteiger partial charge in [-0.1, -0.05) is 30.3 Å². The summed E-state index contributed by atoms with van der Waals surface area (Å²) in [5.41, 5.74) is 1.81. The Labute approximate surface area is 150 Å². The molecule has 26 heavy (non-hydrogen) atoms. The van der Waals surface area contributed by atoms with Crippen LogP contribution < -0.4 is 5.32 Å². The molecule has 2 N–H and O–H groups in total. The number of fused-ring (bicyclic) bond motifs is 1. The summed E-state index contributed by atoms with van der Waals surface area (Å²) in [6.45, 7) is 1.95. The fourth-order valence-corrected chi connectivity index (χ4v) is 2.86. The van der Waals surface area contributed by atoms with Crippen molar-refractivity contribution in [3.63, 3.8) is 0 Å². The number of amides is 1. The predicted octanol–water partition coefficient (Wildman–Crippen LogP) is 3.73. The summed E-state index contributed by atoms with van der Waals surface area (Å²) in [6.07, 6.45) is 1.54. The van der Waals surface area contributed by atoms with E-state index in [4.69, 9.17) is 4.74 Å². The second-order valence-electron chi connectivity index (χ2n) is 5.84. The summed E-state index contributed by atoms with van der Waals surface area (Å²) in [5, 5.41) is 3.59. The van der Waals surface area contributed by atoms with Gasteiger partial charge in [0.1, 0.15) is 5.82 Å². The van der Waals surface area contributed by atoms with Crippen molar-refractivity contribution >= 4 is 22.8 Å². The quantitative estimate of drug-likeness (QED) is 0.663. The van der Waals surface area contributed by atoms with E-state index < -0.39 is 17.8 Å². The third-order valence-electron chi connectivity index (χ3n) is 4.07. The number of carbonyl (C=O) groups excluding carboxylic acids is 2. The van der Waals surface area contributed by atoms with E-state index in [2.05, 4.69) is 10.3 Å². The van der Waals surface area contributed by atoms with Crippen molar-refractivity contribution in [1.29, 1.82) is 0 Å². The molecule has 3 rings (SSSR count). The molecule has 0 aliphatic rings. The number of nitrogens with one attached hydrogen (secondary N) is 2. The van der Waals surface area contributed by atoms with E-state index in [0.717, 1.165) is 10.9 Å². The van der Waals surface area contributed by atoms with E-state index in [-0.39, 0.29) is 18.9 Å². The molecule has 6 heteroatoms. The molecule has 1 atom stereocenters. The van der Waals surface area contributed by atoms with Crippen molar-refractivity contribution < 1.29 is 18.7 Å². The Morgan fingerprint density at radius 1 is 1.19 bits per heavy atom. The third kappa shape index (κ3) is 3.91. The van der Waals surface area contributed by atoms with Crippen molar-refractivity contribution in [2.45, 2.75) is 19.4 Å². The Balaban J connectivity index is 1.87. The molecule has 3 aromatic rings. The summed E-state index contributed by atoms with van der Waals surface area (Å²) in [5.74, 6) is -1.24. The molecule has 0 saturated carbocycles. The molecule has 0 fully saturated rings. The number of halogens is 1. The van der Waals surface area contributed by atoms with Crippen molar-refractivity contribution in [2.75, 3.05) is 6.61 Å². The first-order chi connectivity index (χ1) is 12.6. The van der Waals surface area contributed by atoms with Crippen LogP contribution in [0.5, 0.6) is 0 Å². The first-order valence-corrected chi connectivity index (χ1v) is 8.36. The number of benzene rings is 2. The summed E-state index contributed by atoms with van der Waals surface area (Å²) in [6, 6.07) is 12.6. The normalized spacial score (nSPS) is 11.9. The van der Waals surface area contributed by atoms with Crippen molar-refractivity contribution in [1.82, 2.24) is 10.3 Å². The van der Waals surface area contributed by atoms with Gasteiger partial charge in [0.2, 0.25) is 0 Å². The molecular weight excluding hydrogens is 335 g/mol. The van der Waals surface area contributed by atoms with E-state index >= 15 is 0 Å². The zero-order valence-electron chi connectivity index (χ0n) is 14.3. The standard InChI is InChI=1S/C20H19FN2O3/c1-2-26-19(24)11-18(13-6-5-7-14(21)10-13)23-20(25)16-12-22-17-9-4-3-8-15(16)17/h3-10,12,18,22H,2,11H2,1H3,(H,23,25)/t18-/m0/s1. The number of ether oxygens (including phenoxy) is 1. The van der Waals surface area contributed by atoms with Gasteiger partial charge in [-0.2, -0.15) is 0 Å². The van der Waals surface area contributed by atoms with Gasteiger partial charge in [-0.3, -0.25) is 9.59 Å². The average molecular weight is 354 g/mol. The Hall–Kier alpha value is -3.15. The molecule has 1 heterocycles. The van der Waals surface area contributed by atoms with Crippen molar-refractivity contribution in [3.8, 4) is 0 Å². The van der Waals surface area contributed by atoms with Crippen LogP contribution >= 0.6 is 0 Å². The van der Waals surface area contributed by atoms with E-state index in [1.165, 1.54) is 12.1 Å². The van der Waals surface area contributed by atoms with Gasteiger partial charge in [0.15, 0.2) is 0 Å². The maximum Gasteiger partial charge on any atom is 0.308 e. The number of aromatic amines is 1. The van der Waals surface area contributed by atoms with Crippen LogP contribution in [0.25, 0.3) is 10.9 Å². The molecule has 0 spiro atoms. The van der Waals surface area contributed by atoms with Crippen LogP contribution in [0.15, 0.2) is 54.7 Å². The second-order valence-corrected chi connectivity index (χ2v) is 5.84. The number of rotatable bonds is 6. The minimum absolute atomic E-state index is 0.0780. The fourth-order valence-electron chi connectivity index (χ4n) is 2.86. The number of aromatic nitrogens is 1. The van der Waals surface area contributed by atoms with Crippen molar-refractivity contribution in [3.05, 3.63) is 71.7 Å². The minimum Gasteiger partial charge on any atom is -0.466 e. The Bertz CT molecular complexity index is 935. The summed E-state index contributed by atoms with van der Waals surface area (Å²) in [4.78, 5) is 27.7. The molecule has 5 nitrogen and oxygen atoms in total. The molecule has 0 aliphatic carbocycles.